The first-order valence-electron chi connectivity index (χ1n) is 7.56. The van der Waals surface area contributed by atoms with Crippen molar-refractivity contribution in [2.75, 3.05) is 19.6 Å². The Morgan fingerprint density at radius 2 is 1.58 bits per heavy atom. The minimum Gasteiger partial charge on any atom is -0.316 e. The normalized spacial score (nSPS) is 28.6. The van der Waals surface area contributed by atoms with Crippen LogP contribution >= 0.6 is 0 Å². The van der Waals surface area contributed by atoms with Gasteiger partial charge in [-0.3, -0.25) is 0 Å². The first kappa shape index (κ1) is 15.1. The van der Waals surface area contributed by atoms with Gasteiger partial charge in [0, 0.05) is 6.04 Å². The van der Waals surface area contributed by atoms with Crippen molar-refractivity contribution < 1.29 is 13.2 Å². The minimum atomic E-state index is -3.98. The van der Waals surface area contributed by atoms with Crippen LogP contribution in [0.1, 0.15) is 44.9 Å². The van der Waals surface area contributed by atoms with E-state index in [0.29, 0.717) is 18.8 Å². The first-order chi connectivity index (χ1) is 9.05. The van der Waals surface area contributed by atoms with Gasteiger partial charge in [0.1, 0.15) is 0 Å². The summed E-state index contributed by atoms with van der Waals surface area (Å²) >= 11 is 0. The molecule has 2 aliphatic rings. The molecule has 0 saturated heterocycles. The molecule has 5 heteroatoms. The zero-order valence-corrected chi connectivity index (χ0v) is 11.4. The summed E-state index contributed by atoms with van der Waals surface area (Å²) in [5.41, 5.74) is 0. The third-order valence-corrected chi connectivity index (χ3v) is 4.28. The number of nitrogens with one attached hydrogen (secondary N) is 2. The molecule has 0 bridgehead atoms. The van der Waals surface area contributed by atoms with E-state index >= 15 is 0 Å². The van der Waals surface area contributed by atoms with Gasteiger partial charge < -0.3 is 10.6 Å². The molecule has 2 saturated carbocycles. The van der Waals surface area contributed by atoms with Crippen molar-refractivity contribution in [1.82, 2.24) is 10.6 Å². The minimum absolute atomic E-state index is 0.319. The van der Waals surface area contributed by atoms with Crippen LogP contribution in [0.25, 0.3) is 0 Å². The first-order valence-corrected chi connectivity index (χ1v) is 7.56. The molecule has 0 amide bonds. The Bertz CT molecular complexity index is 256. The molecule has 0 unspecified atom stereocenters. The van der Waals surface area contributed by atoms with Gasteiger partial charge in [-0.15, -0.1) is 0 Å². The Morgan fingerprint density at radius 3 is 2.16 bits per heavy atom. The molecular formula is C14H25F3N2. The highest BCUT2D eigenvalue weighted by Gasteiger charge is 2.41. The van der Waals surface area contributed by atoms with Crippen molar-refractivity contribution in [3.8, 4) is 0 Å². The molecular weight excluding hydrogens is 253 g/mol. The summed E-state index contributed by atoms with van der Waals surface area (Å²) in [5, 5.41) is 6.83. The standard InChI is InChI=1S/C14H25F3N2/c15-14(16,17)12-4-2-11(3-5-12)10-18-8-1-9-19-13-6-7-13/h11-13,18-19H,1-10H2. The highest BCUT2D eigenvalue weighted by atomic mass is 19.4. The number of halogens is 3. The molecule has 0 aromatic rings. The van der Waals surface area contributed by atoms with Crippen LogP contribution in [0.15, 0.2) is 0 Å². The van der Waals surface area contributed by atoms with Gasteiger partial charge in [-0.25, -0.2) is 0 Å². The maximum absolute atomic E-state index is 12.5. The molecule has 0 aromatic carbocycles. The molecule has 112 valence electrons. The summed E-state index contributed by atoms with van der Waals surface area (Å²) in [6, 6.07) is 0.762. The van der Waals surface area contributed by atoms with Crippen molar-refractivity contribution in [3.63, 3.8) is 0 Å². The SMILES string of the molecule is FC(F)(F)C1CCC(CNCCCNC2CC2)CC1. The molecule has 2 nitrogen and oxygen atoms in total. The lowest BCUT2D eigenvalue weighted by atomic mass is 9.81. The summed E-state index contributed by atoms with van der Waals surface area (Å²) in [4.78, 5) is 0. The summed E-state index contributed by atoms with van der Waals surface area (Å²) in [7, 11) is 0. The van der Waals surface area contributed by atoms with Crippen molar-refractivity contribution in [1.29, 1.82) is 0 Å². The fraction of sp³-hybridized carbons (Fsp3) is 1.00. The fourth-order valence-corrected chi connectivity index (χ4v) is 2.81. The van der Waals surface area contributed by atoms with Gasteiger partial charge in [0.25, 0.3) is 0 Å². The fourth-order valence-electron chi connectivity index (χ4n) is 2.81. The Labute approximate surface area is 113 Å². The second kappa shape index (κ2) is 6.93. The topological polar surface area (TPSA) is 24.1 Å². The summed E-state index contributed by atoms with van der Waals surface area (Å²) in [6.45, 7) is 2.91. The Kier molecular flexibility index (Phi) is 5.51. The highest BCUT2D eigenvalue weighted by Crippen LogP contribution is 2.39. The van der Waals surface area contributed by atoms with Crippen molar-refractivity contribution >= 4 is 0 Å². The van der Waals surface area contributed by atoms with E-state index in [-0.39, 0.29) is 0 Å². The third kappa shape index (κ3) is 5.69. The highest BCUT2D eigenvalue weighted by molar-refractivity contribution is 4.81. The summed E-state index contributed by atoms with van der Waals surface area (Å²) < 4.78 is 37.5. The molecule has 0 radical (unpaired) electrons. The van der Waals surface area contributed by atoms with Crippen molar-refractivity contribution in [2.24, 2.45) is 11.8 Å². The smallest absolute Gasteiger partial charge is 0.316 e. The molecule has 2 N–H and O–H groups in total. The van der Waals surface area contributed by atoms with Gasteiger partial charge in [0.15, 0.2) is 0 Å². The van der Waals surface area contributed by atoms with Crippen LogP contribution in [-0.4, -0.2) is 31.9 Å². The van der Waals surface area contributed by atoms with E-state index in [2.05, 4.69) is 10.6 Å². The zero-order valence-electron chi connectivity index (χ0n) is 11.4. The maximum atomic E-state index is 12.5. The Hall–Kier alpha value is -0.290. The van der Waals surface area contributed by atoms with Gasteiger partial charge in [0.05, 0.1) is 5.92 Å². The number of rotatable bonds is 7. The van der Waals surface area contributed by atoms with Crippen LogP contribution < -0.4 is 10.6 Å². The average Bonchev–Trinajstić information content (AvgIpc) is 3.17. The van der Waals surface area contributed by atoms with Crippen LogP contribution in [0.5, 0.6) is 0 Å². The van der Waals surface area contributed by atoms with Gasteiger partial charge >= 0.3 is 6.18 Å². The second-order valence-electron chi connectivity index (χ2n) is 6.05. The largest absolute Gasteiger partial charge is 0.391 e. The second-order valence-corrected chi connectivity index (χ2v) is 6.05. The number of alkyl halides is 3. The van der Waals surface area contributed by atoms with E-state index in [1.807, 2.05) is 0 Å². The van der Waals surface area contributed by atoms with Crippen LogP contribution in [0.3, 0.4) is 0 Å². The number of hydrogen-bond acceptors (Lipinski definition) is 2. The molecule has 2 rings (SSSR count). The Balaban J connectivity index is 1.46. The lowest BCUT2D eigenvalue weighted by Crippen LogP contribution is -2.32. The predicted octanol–water partition coefficient (Wildman–Crippen LogP) is 3.09. The molecule has 2 aliphatic carbocycles. The summed E-state index contributed by atoms with van der Waals surface area (Å²) in [6.07, 6.45) is 1.83. The van der Waals surface area contributed by atoms with E-state index in [0.717, 1.165) is 44.9 Å². The zero-order chi connectivity index (χ0) is 13.7. The molecule has 19 heavy (non-hydrogen) atoms. The van der Waals surface area contributed by atoms with Gasteiger partial charge in [-0.1, -0.05) is 0 Å². The van der Waals surface area contributed by atoms with Crippen LogP contribution in [-0.2, 0) is 0 Å². The van der Waals surface area contributed by atoms with Gasteiger partial charge in [-0.2, -0.15) is 13.2 Å². The quantitative estimate of drug-likeness (QED) is 0.699. The maximum Gasteiger partial charge on any atom is 0.391 e. The van der Waals surface area contributed by atoms with Gasteiger partial charge in [0.2, 0.25) is 0 Å². The van der Waals surface area contributed by atoms with E-state index in [1.165, 1.54) is 12.8 Å². The third-order valence-electron chi connectivity index (χ3n) is 4.28. The molecule has 0 spiro atoms. The van der Waals surface area contributed by atoms with E-state index in [9.17, 15) is 13.2 Å². The van der Waals surface area contributed by atoms with E-state index in [4.69, 9.17) is 0 Å². The molecule has 0 atom stereocenters. The lowest BCUT2D eigenvalue weighted by Gasteiger charge is -2.29. The molecule has 0 aromatic heterocycles. The van der Waals surface area contributed by atoms with Gasteiger partial charge in [-0.05, 0) is 70.5 Å². The van der Waals surface area contributed by atoms with Crippen LogP contribution in [0.2, 0.25) is 0 Å². The van der Waals surface area contributed by atoms with Crippen LogP contribution in [0.4, 0.5) is 13.2 Å². The average molecular weight is 278 g/mol. The van der Waals surface area contributed by atoms with Crippen LogP contribution in [0, 0.1) is 11.8 Å². The Morgan fingerprint density at radius 1 is 0.895 bits per heavy atom. The molecule has 0 aliphatic heterocycles. The van der Waals surface area contributed by atoms with Crippen molar-refractivity contribution in [2.45, 2.75) is 57.2 Å². The predicted molar refractivity (Wildman–Crippen MR) is 70.0 cm³/mol. The molecule has 2 fully saturated rings. The summed E-state index contributed by atoms with van der Waals surface area (Å²) in [5.74, 6) is -0.610. The lowest BCUT2D eigenvalue weighted by molar-refractivity contribution is -0.183. The molecule has 0 heterocycles. The monoisotopic (exact) mass is 278 g/mol. The van der Waals surface area contributed by atoms with E-state index < -0.39 is 12.1 Å². The number of hydrogen-bond donors (Lipinski definition) is 2. The van der Waals surface area contributed by atoms with Crippen molar-refractivity contribution in [3.05, 3.63) is 0 Å². The van der Waals surface area contributed by atoms with E-state index in [1.54, 1.807) is 0 Å².